The van der Waals surface area contributed by atoms with E-state index in [0.29, 0.717) is 35.3 Å². The average Bonchev–Trinajstić information content (AvgIpc) is 3.11. The van der Waals surface area contributed by atoms with Crippen LogP contribution in [-0.4, -0.2) is 48.7 Å². The molecule has 5 N–H and O–H groups in total. The summed E-state index contributed by atoms with van der Waals surface area (Å²) in [6.45, 7) is 2.37. The number of primary amides is 1. The lowest BCUT2D eigenvalue weighted by atomic mass is 10.2. The summed E-state index contributed by atoms with van der Waals surface area (Å²) in [5, 5.41) is 9.35. The Kier molecular flexibility index (Phi) is 7.51. The molecule has 3 rings (SSSR count). The van der Waals surface area contributed by atoms with E-state index in [1.54, 1.807) is 18.2 Å². The van der Waals surface area contributed by atoms with Gasteiger partial charge < -0.3 is 25.8 Å². The maximum atomic E-state index is 12.2. The Morgan fingerprint density at radius 3 is 2.97 bits per heavy atom. The number of morpholine rings is 1. The number of ether oxygens (including phenoxy) is 2. The number of hydrogen-bond acceptors (Lipinski definition) is 7. The molecule has 29 heavy (non-hydrogen) atoms. The van der Waals surface area contributed by atoms with Gasteiger partial charge in [-0.15, -0.1) is 0 Å². The van der Waals surface area contributed by atoms with Crippen LogP contribution in [0.25, 0.3) is 0 Å². The van der Waals surface area contributed by atoms with Gasteiger partial charge in [-0.2, -0.15) is 4.37 Å². The van der Waals surface area contributed by atoms with Crippen LogP contribution in [0.3, 0.4) is 0 Å². The quantitative estimate of drug-likeness (QED) is 0.502. The zero-order valence-electron chi connectivity index (χ0n) is 15.2. The number of anilines is 1. The molecule has 3 amide bonds. The molecule has 1 fully saturated rings. The minimum absolute atomic E-state index is 0.00801. The molecule has 1 unspecified atom stereocenters. The molecule has 0 radical (unpaired) electrons. The van der Waals surface area contributed by atoms with Crippen molar-refractivity contribution in [2.45, 2.75) is 12.7 Å². The number of halogens is 2. The lowest BCUT2D eigenvalue weighted by Crippen LogP contribution is -2.46. The van der Waals surface area contributed by atoms with Gasteiger partial charge in [0.1, 0.15) is 17.2 Å². The molecule has 2 aromatic rings. The van der Waals surface area contributed by atoms with Gasteiger partial charge in [-0.25, -0.2) is 4.79 Å². The van der Waals surface area contributed by atoms with Crippen LogP contribution in [0.5, 0.6) is 5.88 Å². The molecule has 1 aliphatic rings. The number of amides is 3. The largest absolute Gasteiger partial charge is 0.472 e. The summed E-state index contributed by atoms with van der Waals surface area (Å²) in [6.07, 6.45) is -0.118. The first-order chi connectivity index (χ1) is 14.0. The van der Waals surface area contributed by atoms with Crippen molar-refractivity contribution in [2.75, 3.05) is 31.6 Å². The van der Waals surface area contributed by atoms with Gasteiger partial charge in [-0.1, -0.05) is 35.3 Å². The first kappa shape index (κ1) is 21.6. The van der Waals surface area contributed by atoms with Crippen molar-refractivity contribution >= 4 is 51.7 Å². The lowest BCUT2D eigenvalue weighted by molar-refractivity contribution is 0.0310. The zero-order valence-corrected chi connectivity index (χ0v) is 17.5. The van der Waals surface area contributed by atoms with Crippen molar-refractivity contribution in [2.24, 2.45) is 5.73 Å². The van der Waals surface area contributed by atoms with Gasteiger partial charge in [0, 0.05) is 25.2 Å². The molecule has 0 spiro atoms. The summed E-state index contributed by atoms with van der Waals surface area (Å²) < 4.78 is 15.2. The number of carbonyl (C=O) groups is 2. The molecule has 12 heteroatoms. The molecular formula is C17H19Cl2N5O4S. The van der Waals surface area contributed by atoms with Gasteiger partial charge in [0.2, 0.25) is 5.88 Å². The Labute approximate surface area is 181 Å². The van der Waals surface area contributed by atoms with Crippen LogP contribution >= 0.6 is 34.7 Å². The third-order valence-electron chi connectivity index (χ3n) is 4.02. The number of nitrogens with two attached hydrogens (primary N) is 1. The van der Waals surface area contributed by atoms with Crippen molar-refractivity contribution in [1.29, 1.82) is 0 Å². The molecule has 2 heterocycles. The molecule has 1 atom stereocenters. The van der Waals surface area contributed by atoms with Gasteiger partial charge in [-0.3, -0.25) is 10.1 Å². The fourth-order valence-corrected chi connectivity index (χ4v) is 3.70. The highest BCUT2D eigenvalue weighted by atomic mass is 35.5. The smallest absolute Gasteiger partial charge is 0.320 e. The minimum Gasteiger partial charge on any atom is -0.472 e. The number of aromatic nitrogens is 1. The van der Waals surface area contributed by atoms with Gasteiger partial charge in [0.05, 0.1) is 22.8 Å². The van der Waals surface area contributed by atoms with Crippen molar-refractivity contribution in [3.8, 4) is 5.88 Å². The van der Waals surface area contributed by atoms with Gasteiger partial charge >= 0.3 is 6.03 Å². The van der Waals surface area contributed by atoms with Crippen LogP contribution in [0.4, 0.5) is 9.80 Å². The molecule has 1 saturated heterocycles. The van der Waals surface area contributed by atoms with Crippen molar-refractivity contribution < 1.29 is 19.1 Å². The van der Waals surface area contributed by atoms with Gasteiger partial charge in [-0.05, 0) is 17.6 Å². The monoisotopic (exact) mass is 459 g/mol. The number of rotatable bonds is 7. The summed E-state index contributed by atoms with van der Waals surface area (Å²) in [6, 6.07) is 4.61. The standard InChI is InChI=1S/C17H19Cl2N5O4S/c18-11-3-1-2-9(13(11)19)8-28-15-12(14(20)25)16(29-24-15)23-17(26)22-7-10-6-21-4-5-27-10/h1-3,10,21H,4-8H2,(H2,20,25)(H2,22,23,26). The van der Waals surface area contributed by atoms with Gasteiger partial charge in [0.15, 0.2) is 0 Å². The summed E-state index contributed by atoms with van der Waals surface area (Å²) in [5.74, 6) is -0.769. The van der Waals surface area contributed by atoms with E-state index in [0.717, 1.165) is 18.1 Å². The fraction of sp³-hybridized carbons (Fsp3) is 0.353. The summed E-state index contributed by atoms with van der Waals surface area (Å²) >= 11 is 13.0. The predicted octanol–water partition coefficient (Wildman–Crippen LogP) is 2.24. The SMILES string of the molecule is NC(=O)c1c(OCc2cccc(Cl)c2Cl)nsc1NC(=O)NCC1CNCCO1. The van der Waals surface area contributed by atoms with E-state index in [1.165, 1.54) is 0 Å². The minimum atomic E-state index is -0.777. The number of hydrogen-bond donors (Lipinski definition) is 4. The second-order valence-electron chi connectivity index (χ2n) is 6.09. The third kappa shape index (κ3) is 5.71. The van der Waals surface area contributed by atoms with E-state index in [9.17, 15) is 9.59 Å². The predicted molar refractivity (Wildman–Crippen MR) is 111 cm³/mol. The number of carbonyl (C=O) groups excluding carboxylic acids is 2. The first-order valence-electron chi connectivity index (χ1n) is 8.68. The van der Waals surface area contributed by atoms with Crippen LogP contribution < -0.4 is 26.4 Å². The van der Waals surface area contributed by atoms with Crippen LogP contribution in [0.2, 0.25) is 10.0 Å². The molecule has 0 bridgehead atoms. The molecule has 1 aromatic heterocycles. The molecule has 0 aliphatic carbocycles. The lowest BCUT2D eigenvalue weighted by Gasteiger charge is -2.23. The Morgan fingerprint density at radius 1 is 1.41 bits per heavy atom. The van der Waals surface area contributed by atoms with Crippen LogP contribution in [0, 0.1) is 0 Å². The van der Waals surface area contributed by atoms with Crippen molar-refractivity contribution in [3.05, 3.63) is 39.4 Å². The van der Waals surface area contributed by atoms with E-state index in [-0.39, 0.29) is 29.2 Å². The maximum absolute atomic E-state index is 12.2. The second kappa shape index (κ2) is 10.1. The number of nitrogens with zero attached hydrogens (tertiary/aromatic N) is 1. The van der Waals surface area contributed by atoms with Crippen LogP contribution in [0.1, 0.15) is 15.9 Å². The molecular weight excluding hydrogens is 441 g/mol. The van der Waals surface area contributed by atoms with E-state index < -0.39 is 11.9 Å². The third-order valence-corrected chi connectivity index (χ3v) is 5.63. The topological polar surface area (TPSA) is 128 Å². The van der Waals surface area contributed by atoms with E-state index >= 15 is 0 Å². The number of benzene rings is 1. The Hall–Kier alpha value is -2.11. The van der Waals surface area contributed by atoms with E-state index in [1.807, 2.05) is 0 Å². The molecule has 1 aromatic carbocycles. The van der Waals surface area contributed by atoms with Crippen LogP contribution in [0.15, 0.2) is 18.2 Å². The maximum Gasteiger partial charge on any atom is 0.320 e. The average molecular weight is 460 g/mol. The zero-order chi connectivity index (χ0) is 20.8. The van der Waals surface area contributed by atoms with E-state index in [4.69, 9.17) is 38.4 Å². The Morgan fingerprint density at radius 2 is 2.24 bits per heavy atom. The molecule has 1 aliphatic heterocycles. The summed E-state index contributed by atoms with van der Waals surface area (Å²) in [4.78, 5) is 24.0. The molecule has 9 nitrogen and oxygen atoms in total. The normalized spacial score (nSPS) is 16.3. The fourth-order valence-electron chi connectivity index (χ4n) is 2.59. The van der Waals surface area contributed by atoms with Gasteiger partial charge in [0.25, 0.3) is 5.91 Å². The summed E-state index contributed by atoms with van der Waals surface area (Å²) in [5.41, 5.74) is 6.06. The first-order valence-corrected chi connectivity index (χ1v) is 10.2. The second-order valence-corrected chi connectivity index (χ2v) is 7.65. The Bertz CT molecular complexity index is 889. The molecule has 156 valence electrons. The molecule has 0 saturated carbocycles. The highest BCUT2D eigenvalue weighted by Crippen LogP contribution is 2.32. The van der Waals surface area contributed by atoms with Crippen molar-refractivity contribution in [3.63, 3.8) is 0 Å². The summed E-state index contributed by atoms with van der Waals surface area (Å²) in [7, 11) is 0. The van der Waals surface area contributed by atoms with E-state index in [2.05, 4.69) is 20.3 Å². The Balaban J connectivity index is 1.62. The number of urea groups is 1. The highest BCUT2D eigenvalue weighted by molar-refractivity contribution is 7.11. The highest BCUT2D eigenvalue weighted by Gasteiger charge is 2.23. The van der Waals surface area contributed by atoms with Crippen molar-refractivity contribution in [1.82, 2.24) is 15.0 Å². The number of nitrogens with one attached hydrogen (secondary N) is 3. The van der Waals surface area contributed by atoms with Crippen LogP contribution in [-0.2, 0) is 11.3 Å².